The highest BCUT2D eigenvalue weighted by atomic mass is 16.5. The number of hydrogen-bond donors (Lipinski definition) is 2. The molecule has 0 fully saturated rings. The van der Waals surface area contributed by atoms with Gasteiger partial charge in [0.25, 0.3) is 5.56 Å². The summed E-state index contributed by atoms with van der Waals surface area (Å²) in [4.78, 5) is 18.5. The van der Waals surface area contributed by atoms with Crippen LogP contribution in [0.1, 0.15) is 37.9 Å². The molecule has 7 heteroatoms. The summed E-state index contributed by atoms with van der Waals surface area (Å²) in [5.41, 5.74) is 4.06. The van der Waals surface area contributed by atoms with Crippen molar-refractivity contribution in [3.63, 3.8) is 0 Å². The molecule has 24 heavy (non-hydrogen) atoms. The van der Waals surface area contributed by atoms with E-state index in [1.165, 1.54) is 6.07 Å². The molecule has 128 valence electrons. The highest BCUT2D eigenvalue weighted by Gasteiger charge is 2.05. The molecule has 0 spiro atoms. The number of hydrogen-bond acceptors (Lipinski definition) is 6. The molecule has 0 saturated heterocycles. The highest BCUT2D eigenvalue weighted by Crippen LogP contribution is 2.27. The largest absolute Gasteiger partial charge is 0.493 e. The van der Waals surface area contributed by atoms with Crippen LogP contribution >= 0.6 is 0 Å². The first-order valence-electron chi connectivity index (χ1n) is 7.74. The second-order valence-electron chi connectivity index (χ2n) is 5.39. The molecule has 1 aromatic heterocycles. The molecule has 0 bridgehead atoms. The van der Waals surface area contributed by atoms with Gasteiger partial charge in [-0.25, -0.2) is 10.4 Å². The minimum atomic E-state index is -0.214. The van der Waals surface area contributed by atoms with Crippen molar-refractivity contribution in [3.05, 3.63) is 45.9 Å². The second-order valence-corrected chi connectivity index (χ2v) is 5.39. The summed E-state index contributed by atoms with van der Waals surface area (Å²) in [6.45, 7) is 6.43. The number of aromatic nitrogens is 2. The molecular formula is C17H22N4O3. The van der Waals surface area contributed by atoms with E-state index in [2.05, 4.69) is 20.5 Å². The molecule has 1 aromatic carbocycles. The van der Waals surface area contributed by atoms with Crippen LogP contribution < -0.4 is 20.5 Å². The maximum Gasteiger partial charge on any atom is 0.252 e. The van der Waals surface area contributed by atoms with Crippen LogP contribution in [0.25, 0.3) is 0 Å². The third-order valence-electron chi connectivity index (χ3n) is 3.22. The van der Waals surface area contributed by atoms with E-state index in [4.69, 9.17) is 9.47 Å². The van der Waals surface area contributed by atoms with Crippen molar-refractivity contribution in [1.29, 1.82) is 0 Å². The Morgan fingerprint density at radius 2 is 2.12 bits per heavy atom. The molecule has 0 saturated carbocycles. The van der Waals surface area contributed by atoms with Gasteiger partial charge in [-0.3, -0.25) is 9.78 Å². The summed E-state index contributed by atoms with van der Waals surface area (Å²) in [6, 6.07) is 6.98. The highest BCUT2D eigenvalue weighted by molar-refractivity contribution is 5.81. The molecule has 2 aromatic rings. The number of H-pyrrole nitrogens is 1. The first-order valence-corrected chi connectivity index (χ1v) is 7.74. The lowest BCUT2D eigenvalue weighted by Gasteiger charge is -2.09. The molecular weight excluding hydrogens is 308 g/mol. The van der Waals surface area contributed by atoms with E-state index < -0.39 is 0 Å². The summed E-state index contributed by atoms with van der Waals surface area (Å²) in [7, 11) is 1.59. The van der Waals surface area contributed by atoms with Gasteiger partial charge in [0.1, 0.15) is 0 Å². The zero-order valence-corrected chi connectivity index (χ0v) is 14.3. The lowest BCUT2D eigenvalue weighted by atomic mass is 10.1. The zero-order chi connectivity index (χ0) is 17.5. The number of anilines is 1. The molecule has 0 radical (unpaired) electrons. The topological polar surface area (TPSA) is 88.6 Å². The van der Waals surface area contributed by atoms with Crippen molar-refractivity contribution < 1.29 is 9.47 Å². The summed E-state index contributed by atoms with van der Waals surface area (Å²) < 4.78 is 10.8. The van der Waals surface area contributed by atoms with Crippen molar-refractivity contribution in [3.8, 4) is 11.5 Å². The fraction of sp³-hybridized carbons (Fsp3) is 0.353. The number of nitrogens with zero attached hydrogens (tertiary/aromatic N) is 2. The van der Waals surface area contributed by atoms with Crippen molar-refractivity contribution in [2.45, 2.75) is 26.7 Å². The Kier molecular flexibility index (Phi) is 5.95. The average Bonchev–Trinajstić information content (AvgIpc) is 2.55. The molecule has 0 aliphatic heterocycles. The number of methoxy groups -OCH3 is 1. The molecule has 0 atom stereocenters. The summed E-state index contributed by atoms with van der Waals surface area (Å²) in [6.07, 6.45) is 1.61. The Morgan fingerprint density at radius 1 is 1.33 bits per heavy atom. The lowest BCUT2D eigenvalue weighted by molar-refractivity contribution is 0.311. The van der Waals surface area contributed by atoms with E-state index in [-0.39, 0.29) is 11.5 Å². The van der Waals surface area contributed by atoms with Gasteiger partial charge in [-0.1, -0.05) is 13.8 Å². The van der Waals surface area contributed by atoms with Crippen molar-refractivity contribution >= 4 is 12.2 Å². The van der Waals surface area contributed by atoms with Crippen LogP contribution in [0.2, 0.25) is 0 Å². The summed E-state index contributed by atoms with van der Waals surface area (Å²) in [5.74, 6) is 1.78. The van der Waals surface area contributed by atoms with Gasteiger partial charge in [-0.05, 0) is 36.6 Å². The maximum absolute atomic E-state index is 11.6. The van der Waals surface area contributed by atoms with E-state index in [9.17, 15) is 4.79 Å². The lowest BCUT2D eigenvalue weighted by Crippen LogP contribution is -2.12. The van der Waals surface area contributed by atoms with E-state index in [0.717, 1.165) is 5.56 Å². The third kappa shape index (κ3) is 4.58. The van der Waals surface area contributed by atoms with Gasteiger partial charge < -0.3 is 9.47 Å². The van der Waals surface area contributed by atoms with E-state index in [0.29, 0.717) is 29.7 Å². The fourth-order valence-corrected chi connectivity index (χ4v) is 2.03. The minimum absolute atomic E-state index is 0.159. The number of aromatic amines is 1. The number of hydrazone groups is 1. The predicted octanol–water partition coefficient (Wildman–Crippen LogP) is 2.75. The third-order valence-corrected chi connectivity index (χ3v) is 3.22. The molecule has 1 heterocycles. The second kappa shape index (κ2) is 8.14. The Morgan fingerprint density at radius 3 is 2.79 bits per heavy atom. The summed E-state index contributed by atoms with van der Waals surface area (Å²) >= 11 is 0. The monoisotopic (exact) mass is 330 g/mol. The maximum atomic E-state index is 11.6. The molecule has 2 N–H and O–H groups in total. The Bertz CT molecular complexity index is 769. The smallest absolute Gasteiger partial charge is 0.252 e. The van der Waals surface area contributed by atoms with Gasteiger partial charge in [-0.2, -0.15) is 5.10 Å². The fourth-order valence-electron chi connectivity index (χ4n) is 2.03. The Balaban J connectivity index is 2.13. The van der Waals surface area contributed by atoms with Crippen molar-refractivity contribution in [2.24, 2.45) is 5.10 Å². The van der Waals surface area contributed by atoms with Crippen LogP contribution in [0.4, 0.5) is 5.95 Å². The normalized spacial score (nSPS) is 11.0. The minimum Gasteiger partial charge on any atom is -0.493 e. The van der Waals surface area contributed by atoms with Gasteiger partial charge in [0.15, 0.2) is 11.5 Å². The molecule has 0 aliphatic carbocycles. The van der Waals surface area contributed by atoms with E-state index in [1.807, 2.05) is 39.0 Å². The van der Waals surface area contributed by atoms with Gasteiger partial charge in [-0.15, -0.1) is 0 Å². The quantitative estimate of drug-likeness (QED) is 0.602. The van der Waals surface area contributed by atoms with Gasteiger partial charge in [0, 0.05) is 6.07 Å². The van der Waals surface area contributed by atoms with Crippen LogP contribution in [-0.4, -0.2) is 29.9 Å². The number of ether oxygens (including phenoxy) is 2. The van der Waals surface area contributed by atoms with Crippen LogP contribution in [0, 0.1) is 0 Å². The molecule has 0 aliphatic rings. The van der Waals surface area contributed by atoms with E-state index in [1.54, 1.807) is 13.3 Å². The molecule has 0 amide bonds. The molecule has 2 rings (SSSR count). The standard InChI is InChI=1S/C17H22N4O3/c1-5-24-14-7-6-12(8-15(14)23-4)10-18-21-17-19-13(11(2)3)9-16(22)20-17/h6-11H,5H2,1-4H3,(H2,19,20,21,22)/b18-10-. The Labute approximate surface area is 140 Å². The van der Waals surface area contributed by atoms with Crippen molar-refractivity contribution in [1.82, 2.24) is 9.97 Å². The zero-order valence-electron chi connectivity index (χ0n) is 14.3. The number of benzene rings is 1. The summed E-state index contributed by atoms with van der Waals surface area (Å²) in [5, 5.41) is 4.10. The van der Waals surface area contributed by atoms with Crippen molar-refractivity contribution in [2.75, 3.05) is 19.1 Å². The first kappa shape index (κ1) is 17.5. The Hall–Kier alpha value is -2.83. The molecule has 7 nitrogen and oxygen atoms in total. The van der Waals surface area contributed by atoms with Crippen LogP contribution in [0.3, 0.4) is 0 Å². The van der Waals surface area contributed by atoms with Crippen LogP contribution in [0.5, 0.6) is 11.5 Å². The van der Waals surface area contributed by atoms with Crippen LogP contribution in [0.15, 0.2) is 34.2 Å². The SMILES string of the molecule is CCOc1ccc(/C=N\Nc2nc(C(C)C)cc(=O)[nH]2)cc1OC. The van der Waals surface area contributed by atoms with Gasteiger partial charge in [0.2, 0.25) is 5.95 Å². The van der Waals surface area contributed by atoms with Gasteiger partial charge in [0.05, 0.1) is 25.6 Å². The average molecular weight is 330 g/mol. The first-order chi connectivity index (χ1) is 11.5. The number of nitrogens with one attached hydrogen (secondary N) is 2. The van der Waals surface area contributed by atoms with Gasteiger partial charge >= 0.3 is 0 Å². The van der Waals surface area contributed by atoms with Crippen LogP contribution in [-0.2, 0) is 0 Å². The predicted molar refractivity (Wildman–Crippen MR) is 94.3 cm³/mol. The molecule has 0 unspecified atom stereocenters. The number of rotatable bonds is 7. The van der Waals surface area contributed by atoms with E-state index >= 15 is 0 Å².